The third-order valence-electron chi connectivity index (χ3n) is 0.713. The van der Waals surface area contributed by atoms with Gasteiger partial charge in [-0.15, -0.1) is 0 Å². The van der Waals surface area contributed by atoms with Crippen LogP contribution in [0.5, 0.6) is 0 Å². The average molecular weight is 161 g/mol. The van der Waals surface area contributed by atoms with Crippen LogP contribution < -0.4 is 0 Å². The number of hydrogen-bond donors (Lipinski definition) is 0. The molecule has 0 saturated carbocycles. The van der Waals surface area contributed by atoms with E-state index in [1.54, 1.807) is 0 Å². The van der Waals surface area contributed by atoms with E-state index in [4.69, 9.17) is 0 Å². The van der Waals surface area contributed by atoms with E-state index in [1.807, 2.05) is 0 Å². The summed E-state index contributed by atoms with van der Waals surface area (Å²) >= 11 is 2.10. The molecule has 30 valence electrons. The summed E-state index contributed by atoms with van der Waals surface area (Å²) in [5.74, 6) is 0. The first kappa shape index (κ1) is 4.33. The molecular formula is C5H5Mo+. The number of hydrogen-bond acceptors (Lipinski definition) is 0. The van der Waals surface area contributed by atoms with Gasteiger partial charge in [-0.2, -0.15) is 0 Å². The van der Waals surface area contributed by atoms with Crippen molar-refractivity contribution < 1.29 is 19.8 Å². The summed E-state index contributed by atoms with van der Waals surface area (Å²) in [4.78, 5) is 0. The van der Waals surface area contributed by atoms with Crippen molar-refractivity contribution in [3.63, 3.8) is 0 Å². The second-order valence-corrected chi connectivity index (χ2v) is 2.57. The summed E-state index contributed by atoms with van der Waals surface area (Å²) in [6.45, 7) is 0. The molecule has 0 unspecified atom stereocenters. The van der Waals surface area contributed by atoms with Gasteiger partial charge in [-0.05, 0) is 0 Å². The van der Waals surface area contributed by atoms with Crippen LogP contribution in [0.1, 0.15) is 0 Å². The molecule has 0 atom stereocenters. The van der Waals surface area contributed by atoms with Crippen LogP contribution >= 0.6 is 0 Å². The van der Waals surface area contributed by atoms with Crippen LogP contribution in [-0.2, 0) is 19.8 Å². The molecule has 1 rings (SSSR count). The van der Waals surface area contributed by atoms with Gasteiger partial charge in [-0.1, -0.05) is 0 Å². The molecule has 0 aromatic heterocycles. The molecule has 0 aliphatic heterocycles. The standard InChI is InChI=1S/C5H5.Mo/c1-2-4-5-3-1;/h1-5H;/q;+1. The zero-order chi connectivity index (χ0) is 4.41. The molecule has 0 heterocycles. The number of allylic oxidation sites excluding steroid dienone is 4. The van der Waals surface area contributed by atoms with E-state index in [9.17, 15) is 0 Å². The first-order valence-electron chi connectivity index (χ1n) is 1.90. The molecule has 0 saturated heterocycles. The van der Waals surface area contributed by atoms with Crippen molar-refractivity contribution in [3.8, 4) is 0 Å². The molecule has 1 heteroatoms. The Hall–Kier alpha value is 0.168. The second kappa shape index (κ2) is 1.75. The molecule has 0 bridgehead atoms. The van der Waals surface area contributed by atoms with Crippen LogP contribution in [0.2, 0.25) is 4.31 Å². The molecule has 0 spiro atoms. The third kappa shape index (κ3) is 0.814. The van der Waals surface area contributed by atoms with Gasteiger partial charge in [-0.3, -0.25) is 0 Å². The maximum atomic E-state index is 2.17. The molecule has 0 aromatic rings. The molecule has 0 N–H and O–H groups in total. The molecule has 0 amide bonds. The van der Waals surface area contributed by atoms with Gasteiger partial charge in [0.25, 0.3) is 0 Å². The van der Waals surface area contributed by atoms with Crippen LogP contribution in [0, 0.1) is 0 Å². The summed E-state index contributed by atoms with van der Waals surface area (Å²) in [7, 11) is 0. The Morgan fingerprint density at radius 3 is 1.83 bits per heavy atom. The van der Waals surface area contributed by atoms with Crippen molar-refractivity contribution in [2.45, 2.75) is 4.31 Å². The van der Waals surface area contributed by atoms with Gasteiger partial charge < -0.3 is 0 Å². The van der Waals surface area contributed by atoms with Gasteiger partial charge in [0.15, 0.2) is 0 Å². The second-order valence-electron chi connectivity index (χ2n) is 1.23. The monoisotopic (exact) mass is 163 g/mol. The van der Waals surface area contributed by atoms with Gasteiger partial charge in [0.2, 0.25) is 0 Å². The Balaban J connectivity index is 2.60. The Kier molecular flexibility index (Phi) is 1.26. The normalized spacial score (nSPS) is 20.0. The fraction of sp³-hybridized carbons (Fsp3) is 0.200. The van der Waals surface area contributed by atoms with Crippen LogP contribution in [0.4, 0.5) is 0 Å². The predicted octanol–water partition coefficient (Wildman–Crippen LogP) is 1.45. The molecule has 1 aliphatic rings. The van der Waals surface area contributed by atoms with Crippen molar-refractivity contribution in [1.82, 2.24) is 0 Å². The summed E-state index contributed by atoms with van der Waals surface area (Å²) in [6, 6.07) is 0. The van der Waals surface area contributed by atoms with Crippen molar-refractivity contribution in [2.75, 3.05) is 0 Å². The van der Waals surface area contributed by atoms with Gasteiger partial charge in [0.1, 0.15) is 0 Å². The SMILES string of the molecule is [Mo+][CH]1C=CC=C1. The first-order chi connectivity index (χ1) is 2.89. The van der Waals surface area contributed by atoms with E-state index < -0.39 is 0 Å². The van der Waals surface area contributed by atoms with Crippen molar-refractivity contribution in [2.24, 2.45) is 0 Å². The molecule has 0 nitrogen and oxygen atoms in total. The zero-order valence-corrected chi connectivity index (χ0v) is 5.30. The van der Waals surface area contributed by atoms with E-state index in [0.29, 0.717) is 4.31 Å². The van der Waals surface area contributed by atoms with Gasteiger partial charge in [0, 0.05) is 0 Å². The Morgan fingerprint density at radius 1 is 1.17 bits per heavy atom. The summed E-state index contributed by atoms with van der Waals surface area (Å²) in [6.07, 6.45) is 8.50. The molecule has 0 radical (unpaired) electrons. The van der Waals surface area contributed by atoms with Gasteiger partial charge in [-0.25, -0.2) is 0 Å². The maximum absolute atomic E-state index is 2.17. The predicted molar refractivity (Wildman–Crippen MR) is 22.0 cm³/mol. The van der Waals surface area contributed by atoms with E-state index in [0.717, 1.165) is 0 Å². The minimum absolute atomic E-state index is 0.695. The van der Waals surface area contributed by atoms with Gasteiger partial charge in [0.05, 0.1) is 0 Å². The molecule has 0 aromatic carbocycles. The van der Waals surface area contributed by atoms with Crippen molar-refractivity contribution in [3.05, 3.63) is 24.3 Å². The Labute approximate surface area is 48.8 Å². The Bertz CT molecular complexity index is 80.1. The molecule has 0 fully saturated rings. The topological polar surface area (TPSA) is 0 Å². The molecule has 6 heavy (non-hydrogen) atoms. The fourth-order valence-electron chi connectivity index (χ4n) is 0.411. The Morgan fingerprint density at radius 2 is 1.67 bits per heavy atom. The van der Waals surface area contributed by atoms with Crippen LogP contribution in [-0.4, -0.2) is 0 Å². The quantitative estimate of drug-likeness (QED) is 0.471. The van der Waals surface area contributed by atoms with E-state index in [1.165, 1.54) is 0 Å². The molecular weight excluding hydrogens is 156 g/mol. The van der Waals surface area contributed by atoms with Crippen LogP contribution in [0.15, 0.2) is 24.3 Å². The number of rotatable bonds is 0. The minimum atomic E-state index is 0.695. The summed E-state index contributed by atoms with van der Waals surface area (Å²) in [5, 5.41) is 0. The van der Waals surface area contributed by atoms with E-state index in [2.05, 4.69) is 44.1 Å². The zero-order valence-electron chi connectivity index (χ0n) is 3.29. The third-order valence-corrected chi connectivity index (χ3v) is 1.49. The summed E-state index contributed by atoms with van der Waals surface area (Å²) < 4.78 is 0.695. The van der Waals surface area contributed by atoms with Crippen LogP contribution in [0.25, 0.3) is 0 Å². The van der Waals surface area contributed by atoms with Crippen molar-refractivity contribution >= 4 is 0 Å². The van der Waals surface area contributed by atoms with E-state index >= 15 is 0 Å². The first-order valence-corrected chi connectivity index (χ1v) is 3.06. The summed E-state index contributed by atoms with van der Waals surface area (Å²) in [5.41, 5.74) is 0. The van der Waals surface area contributed by atoms with E-state index in [-0.39, 0.29) is 0 Å². The van der Waals surface area contributed by atoms with Gasteiger partial charge >= 0.3 is 48.4 Å². The molecule has 1 aliphatic carbocycles. The fourth-order valence-corrected chi connectivity index (χ4v) is 0.857. The average Bonchev–Trinajstić information content (AvgIpc) is 1.86. The van der Waals surface area contributed by atoms with Crippen LogP contribution in [0.3, 0.4) is 0 Å². The van der Waals surface area contributed by atoms with Crippen molar-refractivity contribution in [1.29, 1.82) is 0 Å².